The topological polar surface area (TPSA) is 114 Å². The molecule has 1 aromatic carbocycles. The molecule has 0 radical (unpaired) electrons. The number of thiazole rings is 1. The lowest BCUT2D eigenvalue weighted by Crippen LogP contribution is -2.48. The van der Waals surface area contributed by atoms with Crippen LogP contribution in [0.15, 0.2) is 40.7 Å². The van der Waals surface area contributed by atoms with E-state index >= 15 is 0 Å². The van der Waals surface area contributed by atoms with Gasteiger partial charge < -0.3 is 11.1 Å². The minimum atomic E-state index is -3.76. The van der Waals surface area contributed by atoms with Crippen LogP contribution >= 0.6 is 23.7 Å². The van der Waals surface area contributed by atoms with E-state index < -0.39 is 15.6 Å². The number of nitrogens with one attached hydrogen (secondary N) is 2. The van der Waals surface area contributed by atoms with Gasteiger partial charge in [-0.1, -0.05) is 18.9 Å². The van der Waals surface area contributed by atoms with Gasteiger partial charge >= 0.3 is 0 Å². The summed E-state index contributed by atoms with van der Waals surface area (Å²) in [6, 6.07) is 6.08. The summed E-state index contributed by atoms with van der Waals surface area (Å²) in [5, 5.41) is 4.69. The van der Waals surface area contributed by atoms with Crippen LogP contribution in [-0.4, -0.2) is 24.8 Å². The third kappa shape index (κ3) is 4.49. The molecule has 1 aliphatic rings. The van der Waals surface area contributed by atoms with Crippen molar-refractivity contribution in [1.82, 2.24) is 4.98 Å². The van der Waals surface area contributed by atoms with Crippen molar-refractivity contribution >= 4 is 50.5 Å². The highest BCUT2D eigenvalue weighted by Gasteiger charge is 2.37. The molecule has 0 saturated heterocycles. The number of hydrogen-bond donors (Lipinski definition) is 3. The fourth-order valence-corrected chi connectivity index (χ4v) is 4.51. The second-order valence-electron chi connectivity index (χ2n) is 5.79. The minimum absolute atomic E-state index is 0. The maximum absolute atomic E-state index is 12.4. The normalized spacial score (nSPS) is 16.0. The predicted molar refractivity (Wildman–Crippen MR) is 101 cm³/mol. The van der Waals surface area contributed by atoms with E-state index in [1.54, 1.807) is 17.5 Å². The molecule has 0 spiro atoms. The maximum atomic E-state index is 12.4. The Balaban J connectivity index is 0.00000225. The maximum Gasteiger partial charge on any atom is 0.263 e. The number of nitrogens with zero attached hydrogens (tertiary/aromatic N) is 1. The van der Waals surface area contributed by atoms with Crippen LogP contribution in [0.4, 0.5) is 10.8 Å². The van der Waals surface area contributed by atoms with Crippen LogP contribution in [0.25, 0.3) is 0 Å². The Kier molecular flexibility index (Phi) is 6.04. The van der Waals surface area contributed by atoms with E-state index in [0.717, 1.165) is 12.8 Å². The highest BCUT2D eigenvalue weighted by atomic mass is 35.5. The van der Waals surface area contributed by atoms with Crippen LogP contribution in [0.5, 0.6) is 0 Å². The van der Waals surface area contributed by atoms with Crippen LogP contribution in [0.2, 0.25) is 0 Å². The van der Waals surface area contributed by atoms with Crippen molar-refractivity contribution in [3.05, 3.63) is 35.8 Å². The van der Waals surface area contributed by atoms with Crippen molar-refractivity contribution in [2.45, 2.75) is 36.1 Å². The van der Waals surface area contributed by atoms with Gasteiger partial charge in [-0.2, -0.15) is 0 Å². The number of rotatable bonds is 5. The largest absolute Gasteiger partial charge is 0.324 e. The summed E-state index contributed by atoms with van der Waals surface area (Å²) in [4.78, 5) is 16.3. The molecule has 3 rings (SSSR count). The molecule has 0 aliphatic heterocycles. The quantitative estimate of drug-likeness (QED) is 0.711. The molecule has 1 heterocycles. The van der Waals surface area contributed by atoms with Crippen molar-refractivity contribution in [1.29, 1.82) is 0 Å². The zero-order valence-corrected chi connectivity index (χ0v) is 15.7. The fraction of sp³-hybridized carbons (Fsp3) is 0.333. The molecule has 1 amide bonds. The first-order valence-electron chi connectivity index (χ1n) is 7.52. The van der Waals surface area contributed by atoms with Crippen LogP contribution < -0.4 is 15.8 Å². The molecule has 1 saturated carbocycles. The number of carbonyl (C=O) groups excluding carboxylic acids is 1. The summed E-state index contributed by atoms with van der Waals surface area (Å²) >= 11 is 1.19. The first-order chi connectivity index (χ1) is 11.4. The first-order valence-corrected chi connectivity index (χ1v) is 9.88. The van der Waals surface area contributed by atoms with Gasteiger partial charge in [0, 0.05) is 17.3 Å². The molecular weight excluding hydrogens is 384 g/mol. The molecule has 10 heteroatoms. The van der Waals surface area contributed by atoms with Gasteiger partial charge in [0.1, 0.15) is 0 Å². The van der Waals surface area contributed by atoms with E-state index in [1.807, 2.05) is 0 Å². The number of hydrogen-bond acceptors (Lipinski definition) is 6. The molecule has 25 heavy (non-hydrogen) atoms. The number of anilines is 2. The molecule has 0 bridgehead atoms. The van der Waals surface area contributed by atoms with E-state index in [4.69, 9.17) is 5.73 Å². The van der Waals surface area contributed by atoms with Gasteiger partial charge in [-0.25, -0.2) is 13.4 Å². The average molecular weight is 403 g/mol. The third-order valence-corrected chi connectivity index (χ3v) is 6.16. The van der Waals surface area contributed by atoms with Gasteiger partial charge in [0.25, 0.3) is 10.0 Å². The van der Waals surface area contributed by atoms with Crippen molar-refractivity contribution in [2.24, 2.45) is 5.73 Å². The summed E-state index contributed by atoms with van der Waals surface area (Å²) in [6.45, 7) is 0. The molecule has 2 aromatic rings. The molecule has 0 atom stereocenters. The Morgan fingerprint density at radius 3 is 2.64 bits per heavy atom. The number of carbonyl (C=O) groups is 1. The Hall–Kier alpha value is -1.68. The van der Waals surface area contributed by atoms with Gasteiger partial charge in [0.2, 0.25) is 5.91 Å². The van der Waals surface area contributed by atoms with Gasteiger partial charge in [-0.15, -0.1) is 23.7 Å². The summed E-state index contributed by atoms with van der Waals surface area (Å²) in [6.07, 6.45) is 4.65. The standard InChI is InChI=1S/C15H18N4O3S2.ClH/c16-15(6-1-2-7-15)13(20)18-11-4-3-5-12(10-11)24(21,22)19-14-17-8-9-23-14;/h3-5,8-10H,1-2,6-7,16H2,(H,17,19)(H,18,20);1H. The number of amides is 1. The Morgan fingerprint density at radius 1 is 1.28 bits per heavy atom. The third-order valence-electron chi connectivity index (χ3n) is 4.00. The molecule has 1 fully saturated rings. The number of sulfonamides is 1. The summed E-state index contributed by atoms with van der Waals surface area (Å²) in [5.41, 5.74) is 5.65. The molecule has 7 nitrogen and oxygen atoms in total. The number of aromatic nitrogens is 1. The fourth-order valence-electron chi connectivity index (χ4n) is 2.68. The van der Waals surface area contributed by atoms with E-state index in [-0.39, 0.29) is 28.3 Å². The zero-order valence-electron chi connectivity index (χ0n) is 13.3. The lowest BCUT2D eigenvalue weighted by Gasteiger charge is -2.22. The molecule has 0 unspecified atom stereocenters. The van der Waals surface area contributed by atoms with Gasteiger partial charge in [-0.05, 0) is 31.0 Å². The lowest BCUT2D eigenvalue weighted by molar-refractivity contribution is -0.121. The SMILES string of the molecule is Cl.NC1(C(=O)Nc2cccc(S(=O)(=O)Nc3nccs3)c2)CCCC1. The van der Waals surface area contributed by atoms with Gasteiger partial charge in [-0.3, -0.25) is 9.52 Å². The lowest BCUT2D eigenvalue weighted by atomic mass is 9.98. The van der Waals surface area contributed by atoms with E-state index in [1.165, 1.54) is 29.7 Å². The Bertz CT molecular complexity index is 834. The predicted octanol–water partition coefficient (Wildman–Crippen LogP) is 2.58. The van der Waals surface area contributed by atoms with Crippen LogP contribution in [0.3, 0.4) is 0 Å². The van der Waals surface area contributed by atoms with Crippen molar-refractivity contribution in [2.75, 3.05) is 10.0 Å². The summed E-state index contributed by atoms with van der Waals surface area (Å²) < 4.78 is 27.1. The Morgan fingerprint density at radius 2 is 2.00 bits per heavy atom. The van der Waals surface area contributed by atoms with Crippen LogP contribution in [0.1, 0.15) is 25.7 Å². The van der Waals surface area contributed by atoms with Crippen molar-refractivity contribution in [3.63, 3.8) is 0 Å². The Labute approximate surface area is 156 Å². The van der Waals surface area contributed by atoms with Gasteiger partial charge in [0.15, 0.2) is 5.13 Å². The highest BCUT2D eigenvalue weighted by molar-refractivity contribution is 7.93. The summed E-state index contributed by atoms with van der Waals surface area (Å²) in [7, 11) is -3.76. The molecule has 136 valence electrons. The average Bonchev–Trinajstić information content (AvgIpc) is 3.20. The molecular formula is C15H19ClN4O3S2. The second-order valence-corrected chi connectivity index (χ2v) is 8.36. The first kappa shape index (κ1) is 19.6. The smallest absolute Gasteiger partial charge is 0.263 e. The van der Waals surface area contributed by atoms with Crippen LogP contribution in [0, 0.1) is 0 Å². The molecule has 1 aliphatic carbocycles. The van der Waals surface area contributed by atoms with E-state index in [0.29, 0.717) is 18.5 Å². The minimum Gasteiger partial charge on any atom is -0.324 e. The second kappa shape index (κ2) is 7.69. The number of halogens is 1. The van der Waals surface area contributed by atoms with E-state index in [2.05, 4.69) is 15.0 Å². The van der Waals surface area contributed by atoms with Crippen molar-refractivity contribution in [3.8, 4) is 0 Å². The molecule has 4 N–H and O–H groups in total. The number of nitrogens with two attached hydrogens (primary N) is 1. The van der Waals surface area contributed by atoms with E-state index in [9.17, 15) is 13.2 Å². The highest BCUT2D eigenvalue weighted by Crippen LogP contribution is 2.29. The number of benzene rings is 1. The van der Waals surface area contributed by atoms with Crippen LogP contribution in [-0.2, 0) is 14.8 Å². The summed E-state index contributed by atoms with van der Waals surface area (Å²) in [5.74, 6) is -0.276. The molecule has 1 aromatic heterocycles. The van der Waals surface area contributed by atoms with Gasteiger partial charge in [0.05, 0.1) is 10.4 Å². The van der Waals surface area contributed by atoms with Crippen molar-refractivity contribution < 1.29 is 13.2 Å². The monoisotopic (exact) mass is 402 g/mol. The zero-order chi connectivity index (χ0) is 17.2.